The number of halogens is 1. The third-order valence-corrected chi connectivity index (χ3v) is 6.43. The highest BCUT2D eigenvalue weighted by molar-refractivity contribution is 7.92. The number of para-hydroxylation sites is 2. The minimum absolute atomic E-state index is 0.0268. The fourth-order valence-electron chi connectivity index (χ4n) is 2.75. The molecule has 10 heteroatoms. The van der Waals surface area contributed by atoms with Crippen molar-refractivity contribution in [3.8, 4) is 5.75 Å². The van der Waals surface area contributed by atoms with E-state index in [4.69, 9.17) is 16.3 Å². The molecule has 0 aromatic heterocycles. The first-order chi connectivity index (χ1) is 13.7. The Hall–Kier alpha value is -2.78. The SMILES string of the molecule is COc1ccccc1NS(=O)(=O)c1cc(C(=O)NNC(=O)C2CC2C)ccc1Cl. The van der Waals surface area contributed by atoms with Crippen LogP contribution in [0.3, 0.4) is 0 Å². The molecule has 0 spiro atoms. The number of hydrogen-bond acceptors (Lipinski definition) is 5. The summed E-state index contributed by atoms with van der Waals surface area (Å²) in [5.74, 6) is -0.414. The molecule has 2 aromatic carbocycles. The maximum Gasteiger partial charge on any atom is 0.269 e. The molecule has 0 heterocycles. The number of hydrazine groups is 1. The molecule has 0 bridgehead atoms. The van der Waals surface area contributed by atoms with Gasteiger partial charge in [-0.3, -0.25) is 25.2 Å². The number of anilines is 1. The van der Waals surface area contributed by atoms with Crippen LogP contribution in [0.5, 0.6) is 5.75 Å². The molecule has 0 aliphatic heterocycles. The van der Waals surface area contributed by atoms with Gasteiger partial charge in [0.1, 0.15) is 10.6 Å². The van der Waals surface area contributed by atoms with Gasteiger partial charge in [0.05, 0.1) is 17.8 Å². The van der Waals surface area contributed by atoms with E-state index in [0.717, 1.165) is 12.5 Å². The Kier molecular flexibility index (Phi) is 5.99. The van der Waals surface area contributed by atoms with E-state index in [1.54, 1.807) is 18.2 Å². The summed E-state index contributed by atoms with van der Waals surface area (Å²) in [5, 5.41) is -0.0558. The van der Waals surface area contributed by atoms with E-state index in [1.165, 1.54) is 25.3 Å². The number of sulfonamides is 1. The van der Waals surface area contributed by atoms with Crippen molar-refractivity contribution >= 4 is 39.1 Å². The summed E-state index contributed by atoms with van der Waals surface area (Å²) in [7, 11) is -2.69. The largest absolute Gasteiger partial charge is 0.495 e. The molecule has 2 unspecified atom stereocenters. The van der Waals surface area contributed by atoms with Crippen molar-refractivity contribution in [2.75, 3.05) is 11.8 Å². The Bertz CT molecular complexity index is 1060. The quantitative estimate of drug-likeness (QED) is 0.601. The van der Waals surface area contributed by atoms with Gasteiger partial charge in [-0.25, -0.2) is 8.42 Å². The zero-order chi connectivity index (χ0) is 21.2. The molecule has 154 valence electrons. The minimum atomic E-state index is -4.10. The second-order valence-electron chi connectivity index (χ2n) is 6.71. The van der Waals surface area contributed by atoms with Crippen molar-refractivity contribution in [1.82, 2.24) is 10.9 Å². The lowest BCUT2D eigenvalue weighted by Crippen LogP contribution is -2.42. The molecule has 29 heavy (non-hydrogen) atoms. The molecule has 1 fully saturated rings. The molecule has 1 aliphatic rings. The molecule has 3 rings (SSSR count). The van der Waals surface area contributed by atoms with Gasteiger partial charge in [0.25, 0.3) is 15.9 Å². The maximum absolute atomic E-state index is 12.8. The van der Waals surface area contributed by atoms with Gasteiger partial charge < -0.3 is 4.74 Å². The molecule has 3 N–H and O–H groups in total. The molecule has 0 saturated heterocycles. The van der Waals surface area contributed by atoms with Gasteiger partial charge in [-0.05, 0) is 42.7 Å². The smallest absolute Gasteiger partial charge is 0.269 e. The number of nitrogens with one attached hydrogen (secondary N) is 3. The van der Waals surface area contributed by atoms with Crippen molar-refractivity contribution in [3.05, 3.63) is 53.1 Å². The number of carbonyl (C=O) groups excluding carboxylic acids is 2. The average molecular weight is 438 g/mol. The highest BCUT2D eigenvalue weighted by atomic mass is 35.5. The highest BCUT2D eigenvalue weighted by Crippen LogP contribution is 2.37. The van der Waals surface area contributed by atoms with Crippen molar-refractivity contribution in [2.24, 2.45) is 11.8 Å². The fraction of sp³-hybridized carbons (Fsp3) is 0.263. The predicted molar refractivity (Wildman–Crippen MR) is 108 cm³/mol. The molecule has 2 atom stereocenters. The lowest BCUT2D eigenvalue weighted by atomic mass is 10.2. The van der Waals surface area contributed by atoms with Gasteiger partial charge in [0.15, 0.2) is 0 Å². The Morgan fingerprint density at radius 3 is 2.48 bits per heavy atom. The standard InChI is InChI=1S/C19H20ClN3O5S/c1-11-9-13(11)19(25)22-21-18(24)12-7-8-14(20)17(10-12)29(26,27)23-15-5-3-4-6-16(15)28-2/h3-8,10-11,13,23H,9H2,1-2H3,(H,21,24)(H,22,25). The lowest BCUT2D eigenvalue weighted by Gasteiger charge is -2.13. The number of amides is 2. The Balaban J connectivity index is 1.78. The van der Waals surface area contributed by atoms with Gasteiger partial charge in [-0.15, -0.1) is 0 Å². The van der Waals surface area contributed by atoms with Crippen molar-refractivity contribution in [1.29, 1.82) is 0 Å². The molecule has 2 aromatic rings. The monoisotopic (exact) mass is 437 g/mol. The predicted octanol–water partition coefficient (Wildman–Crippen LogP) is 2.57. The van der Waals surface area contributed by atoms with Gasteiger partial charge in [0, 0.05) is 11.5 Å². The van der Waals surface area contributed by atoms with Crippen molar-refractivity contribution < 1.29 is 22.7 Å². The fourth-order valence-corrected chi connectivity index (χ4v) is 4.35. The van der Waals surface area contributed by atoms with E-state index in [9.17, 15) is 18.0 Å². The van der Waals surface area contributed by atoms with Crippen LogP contribution in [0.15, 0.2) is 47.4 Å². The van der Waals surface area contributed by atoms with Crippen LogP contribution in [0.2, 0.25) is 5.02 Å². The van der Waals surface area contributed by atoms with Crippen LogP contribution in [0.4, 0.5) is 5.69 Å². The molecule has 1 saturated carbocycles. The third-order valence-electron chi connectivity index (χ3n) is 4.58. The number of ether oxygens (including phenoxy) is 1. The summed E-state index contributed by atoms with van der Waals surface area (Å²) in [6.45, 7) is 1.94. The van der Waals surface area contributed by atoms with Crippen molar-refractivity contribution in [2.45, 2.75) is 18.2 Å². The van der Waals surface area contributed by atoms with Crippen LogP contribution in [0.25, 0.3) is 0 Å². The number of benzene rings is 2. The summed E-state index contributed by atoms with van der Waals surface area (Å²) in [5.41, 5.74) is 4.89. The summed E-state index contributed by atoms with van der Waals surface area (Å²) in [4.78, 5) is 23.9. The van der Waals surface area contributed by atoms with Crippen LogP contribution < -0.4 is 20.3 Å². The summed E-state index contributed by atoms with van der Waals surface area (Å²) in [6, 6.07) is 10.3. The molecule has 1 aliphatic carbocycles. The highest BCUT2D eigenvalue weighted by Gasteiger charge is 2.39. The topological polar surface area (TPSA) is 114 Å². The summed E-state index contributed by atoms with van der Waals surface area (Å²) < 4.78 is 33.2. The Morgan fingerprint density at radius 2 is 1.83 bits per heavy atom. The molecular formula is C19H20ClN3O5S. The van der Waals surface area contributed by atoms with E-state index in [1.807, 2.05) is 6.92 Å². The molecule has 2 amide bonds. The molecular weight excluding hydrogens is 418 g/mol. The normalized spacial score (nSPS) is 17.9. The van der Waals surface area contributed by atoms with E-state index in [0.29, 0.717) is 11.7 Å². The van der Waals surface area contributed by atoms with Crippen LogP contribution in [0, 0.1) is 11.8 Å². The van der Waals surface area contributed by atoms with E-state index < -0.39 is 15.9 Å². The van der Waals surface area contributed by atoms with E-state index in [2.05, 4.69) is 15.6 Å². The van der Waals surface area contributed by atoms with Crippen LogP contribution >= 0.6 is 11.6 Å². The Morgan fingerprint density at radius 1 is 1.14 bits per heavy atom. The van der Waals surface area contributed by atoms with Crippen LogP contribution in [-0.2, 0) is 14.8 Å². The summed E-state index contributed by atoms with van der Waals surface area (Å²) in [6.07, 6.45) is 0.777. The van der Waals surface area contributed by atoms with Gasteiger partial charge >= 0.3 is 0 Å². The minimum Gasteiger partial charge on any atom is -0.495 e. The number of rotatable bonds is 6. The first-order valence-electron chi connectivity index (χ1n) is 8.78. The number of hydrogen-bond donors (Lipinski definition) is 3. The first-order valence-corrected chi connectivity index (χ1v) is 10.6. The Labute approximate surface area is 173 Å². The average Bonchev–Trinajstić information content (AvgIpc) is 3.43. The first kappa shape index (κ1) is 20.9. The zero-order valence-electron chi connectivity index (χ0n) is 15.7. The van der Waals surface area contributed by atoms with Gasteiger partial charge in [-0.1, -0.05) is 30.7 Å². The molecule has 8 nitrogen and oxygen atoms in total. The molecule has 0 radical (unpaired) electrons. The van der Waals surface area contributed by atoms with E-state index >= 15 is 0 Å². The van der Waals surface area contributed by atoms with Gasteiger partial charge in [0.2, 0.25) is 5.91 Å². The lowest BCUT2D eigenvalue weighted by molar-refractivity contribution is -0.123. The number of carbonyl (C=O) groups is 2. The van der Waals surface area contributed by atoms with Crippen LogP contribution in [-0.4, -0.2) is 27.3 Å². The number of methoxy groups -OCH3 is 1. The second kappa shape index (κ2) is 8.30. The van der Waals surface area contributed by atoms with Gasteiger partial charge in [-0.2, -0.15) is 0 Å². The zero-order valence-corrected chi connectivity index (χ0v) is 17.3. The van der Waals surface area contributed by atoms with E-state index in [-0.39, 0.29) is 33.0 Å². The maximum atomic E-state index is 12.8. The van der Waals surface area contributed by atoms with Crippen molar-refractivity contribution in [3.63, 3.8) is 0 Å². The van der Waals surface area contributed by atoms with Crippen LogP contribution in [0.1, 0.15) is 23.7 Å². The second-order valence-corrected chi connectivity index (χ2v) is 8.77. The third kappa shape index (κ3) is 4.80. The summed E-state index contributed by atoms with van der Waals surface area (Å²) >= 11 is 6.07.